The number of alkyl halides is 1. The van der Waals surface area contributed by atoms with E-state index in [2.05, 4.69) is 0 Å². The second-order valence-corrected chi connectivity index (χ2v) is 5.19. The molecule has 94 valence electrons. The van der Waals surface area contributed by atoms with Gasteiger partial charge in [-0.05, 0) is 42.7 Å². The highest BCUT2D eigenvalue weighted by molar-refractivity contribution is 6.33. The molecule has 0 aliphatic heterocycles. The number of aryl methyl sites for hydroxylation is 2. The van der Waals surface area contributed by atoms with E-state index in [1.807, 2.05) is 32.0 Å². The topological polar surface area (TPSA) is 0 Å². The lowest BCUT2D eigenvalue weighted by Gasteiger charge is -2.14. The lowest BCUT2D eigenvalue weighted by molar-refractivity contribution is 0.612. The zero-order valence-electron chi connectivity index (χ0n) is 10.2. The van der Waals surface area contributed by atoms with Crippen LogP contribution in [0.15, 0.2) is 36.4 Å². The first kappa shape index (κ1) is 13.4. The molecule has 0 saturated heterocycles. The predicted molar refractivity (Wildman–Crippen MR) is 75.0 cm³/mol. The highest BCUT2D eigenvalue weighted by Gasteiger charge is 2.18. The zero-order valence-corrected chi connectivity index (χ0v) is 11.7. The Kier molecular flexibility index (Phi) is 3.94. The maximum atomic E-state index is 13.8. The number of halogens is 3. The summed E-state index contributed by atoms with van der Waals surface area (Å²) in [5.41, 5.74) is 3.50. The number of benzene rings is 2. The second-order valence-electron chi connectivity index (χ2n) is 4.34. The summed E-state index contributed by atoms with van der Waals surface area (Å²) in [6.07, 6.45) is 0. The third-order valence-corrected chi connectivity index (χ3v) is 3.88. The van der Waals surface area contributed by atoms with Gasteiger partial charge in [0.1, 0.15) is 5.82 Å². The molecule has 0 spiro atoms. The molecule has 1 unspecified atom stereocenters. The van der Waals surface area contributed by atoms with Crippen molar-refractivity contribution in [2.24, 2.45) is 0 Å². The van der Waals surface area contributed by atoms with Crippen molar-refractivity contribution < 1.29 is 4.39 Å². The van der Waals surface area contributed by atoms with Gasteiger partial charge in [-0.25, -0.2) is 4.39 Å². The molecule has 0 amide bonds. The average molecular weight is 283 g/mol. The van der Waals surface area contributed by atoms with Crippen LogP contribution in [0.25, 0.3) is 0 Å². The van der Waals surface area contributed by atoms with Crippen LogP contribution in [-0.2, 0) is 0 Å². The maximum absolute atomic E-state index is 13.8. The van der Waals surface area contributed by atoms with Crippen molar-refractivity contribution in [1.82, 2.24) is 0 Å². The van der Waals surface area contributed by atoms with Gasteiger partial charge in [-0.2, -0.15) is 0 Å². The van der Waals surface area contributed by atoms with E-state index in [9.17, 15) is 4.39 Å². The highest BCUT2D eigenvalue weighted by atomic mass is 35.5. The van der Waals surface area contributed by atoms with E-state index in [1.54, 1.807) is 12.1 Å². The fourth-order valence-electron chi connectivity index (χ4n) is 1.84. The van der Waals surface area contributed by atoms with Crippen molar-refractivity contribution in [3.63, 3.8) is 0 Å². The molecule has 0 aliphatic rings. The van der Waals surface area contributed by atoms with Gasteiger partial charge in [-0.3, -0.25) is 0 Å². The summed E-state index contributed by atoms with van der Waals surface area (Å²) >= 11 is 12.4. The lowest BCUT2D eigenvalue weighted by Crippen LogP contribution is -1.99. The Morgan fingerprint density at radius 3 is 2.39 bits per heavy atom. The fraction of sp³-hybridized carbons (Fsp3) is 0.200. The van der Waals surface area contributed by atoms with Crippen molar-refractivity contribution >= 4 is 23.2 Å². The number of rotatable bonds is 2. The van der Waals surface area contributed by atoms with E-state index in [1.165, 1.54) is 11.6 Å². The maximum Gasteiger partial charge on any atom is 0.129 e. The SMILES string of the molecule is Cc1ccc(C(Cl)c2c(F)cccc2Cl)cc1C. The minimum Gasteiger partial charge on any atom is -0.207 e. The molecular formula is C15H13Cl2F. The minimum atomic E-state index is -0.571. The van der Waals surface area contributed by atoms with Crippen LogP contribution in [0.1, 0.15) is 27.6 Å². The first-order chi connectivity index (χ1) is 8.50. The smallest absolute Gasteiger partial charge is 0.129 e. The standard InChI is InChI=1S/C15H13Cl2F/c1-9-6-7-11(8-10(9)2)15(17)14-12(16)4-3-5-13(14)18/h3-8,15H,1-2H3. The van der Waals surface area contributed by atoms with E-state index in [0.29, 0.717) is 10.6 Å². The molecule has 0 N–H and O–H groups in total. The van der Waals surface area contributed by atoms with E-state index < -0.39 is 5.38 Å². The van der Waals surface area contributed by atoms with Gasteiger partial charge in [0.25, 0.3) is 0 Å². The Bertz CT molecular complexity index is 558. The van der Waals surface area contributed by atoms with Gasteiger partial charge in [-0.1, -0.05) is 35.9 Å². The summed E-state index contributed by atoms with van der Waals surface area (Å²) in [7, 11) is 0. The van der Waals surface area contributed by atoms with Crippen LogP contribution in [0, 0.1) is 19.7 Å². The lowest BCUT2D eigenvalue weighted by atomic mass is 9.99. The molecule has 18 heavy (non-hydrogen) atoms. The highest BCUT2D eigenvalue weighted by Crippen LogP contribution is 2.35. The molecule has 0 radical (unpaired) electrons. The van der Waals surface area contributed by atoms with E-state index in [0.717, 1.165) is 11.1 Å². The Hall–Kier alpha value is -1.05. The van der Waals surface area contributed by atoms with Crippen molar-refractivity contribution in [1.29, 1.82) is 0 Å². The van der Waals surface area contributed by atoms with Crippen LogP contribution in [0.2, 0.25) is 5.02 Å². The molecule has 0 heterocycles. The molecular weight excluding hydrogens is 270 g/mol. The van der Waals surface area contributed by atoms with E-state index >= 15 is 0 Å². The molecule has 2 aromatic rings. The van der Waals surface area contributed by atoms with Crippen LogP contribution >= 0.6 is 23.2 Å². The largest absolute Gasteiger partial charge is 0.207 e. The van der Waals surface area contributed by atoms with Gasteiger partial charge in [0.2, 0.25) is 0 Å². The molecule has 0 aliphatic carbocycles. The Morgan fingerprint density at radius 2 is 1.78 bits per heavy atom. The van der Waals surface area contributed by atoms with Gasteiger partial charge in [0, 0.05) is 10.6 Å². The molecule has 3 heteroatoms. The molecule has 2 aromatic carbocycles. The van der Waals surface area contributed by atoms with Crippen LogP contribution in [0.4, 0.5) is 4.39 Å². The van der Waals surface area contributed by atoms with Crippen molar-refractivity contribution in [2.45, 2.75) is 19.2 Å². The fourth-order valence-corrected chi connectivity index (χ4v) is 2.53. The van der Waals surface area contributed by atoms with Crippen LogP contribution < -0.4 is 0 Å². The Labute approximate surface area is 116 Å². The molecule has 2 rings (SSSR count). The normalized spacial score (nSPS) is 12.5. The minimum absolute atomic E-state index is 0.337. The van der Waals surface area contributed by atoms with Gasteiger partial charge >= 0.3 is 0 Å². The van der Waals surface area contributed by atoms with E-state index in [4.69, 9.17) is 23.2 Å². The van der Waals surface area contributed by atoms with Gasteiger partial charge in [-0.15, -0.1) is 11.6 Å². The second kappa shape index (κ2) is 5.29. The van der Waals surface area contributed by atoms with Crippen LogP contribution in [0.3, 0.4) is 0 Å². The average Bonchev–Trinajstić information content (AvgIpc) is 2.32. The Balaban J connectivity index is 2.48. The Morgan fingerprint density at radius 1 is 1.06 bits per heavy atom. The first-order valence-electron chi connectivity index (χ1n) is 5.66. The number of hydrogen-bond donors (Lipinski definition) is 0. The molecule has 0 nitrogen and oxygen atoms in total. The van der Waals surface area contributed by atoms with Crippen molar-refractivity contribution in [3.05, 3.63) is 69.5 Å². The van der Waals surface area contributed by atoms with Gasteiger partial charge in [0.15, 0.2) is 0 Å². The summed E-state index contributed by atoms with van der Waals surface area (Å²) in [6, 6.07) is 10.5. The molecule has 0 fully saturated rings. The van der Waals surface area contributed by atoms with Gasteiger partial charge < -0.3 is 0 Å². The van der Waals surface area contributed by atoms with Gasteiger partial charge in [0.05, 0.1) is 5.38 Å². The predicted octanol–water partition coefficient (Wildman–Crippen LogP) is 5.42. The summed E-state index contributed by atoms with van der Waals surface area (Å²) in [6.45, 7) is 4.03. The van der Waals surface area contributed by atoms with Crippen LogP contribution in [-0.4, -0.2) is 0 Å². The van der Waals surface area contributed by atoms with Crippen molar-refractivity contribution in [3.8, 4) is 0 Å². The van der Waals surface area contributed by atoms with E-state index in [-0.39, 0.29) is 5.82 Å². The zero-order chi connectivity index (χ0) is 13.3. The number of hydrogen-bond acceptors (Lipinski definition) is 0. The third kappa shape index (κ3) is 2.52. The molecule has 0 bridgehead atoms. The third-order valence-electron chi connectivity index (χ3n) is 3.08. The molecule has 0 saturated carbocycles. The summed E-state index contributed by atoms with van der Waals surface area (Å²) in [4.78, 5) is 0. The summed E-state index contributed by atoms with van der Waals surface area (Å²) < 4.78 is 13.8. The molecule has 0 aromatic heterocycles. The summed E-state index contributed by atoms with van der Waals surface area (Å²) in [5.74, 6) is -0.374. The first-order valence-corrected chi connectivity index (χ1v) is 6.47. The van der Waals surface area contributed by atoms with Crippen molar-refractivity contribution in [2.75, 3.05) is 0 Å². The van der Waals surface area contributed by atoms with Crippen LogP contribution in [0.5, 0.6) is 0 Å². The quantitative estimate of drug-likeness (QED) is 0.645. The monoisotopic (exact) mass is 282 g/mol. The molecule has 1 atom stereocenters. The summed E-state index contributed by atoms with van der Waals surface area (Å²) in [5, 5.41) is -0.216.